The lowest BCUT2D eigenvalue weighted by Gasteiger charge is -2.28. The molecule has 0 radical (unpaired) electrons. The molecule has 0 saturated heterocycles. The first-order valence-corrected chi connectivity index (χ1v) is 10.1. The highest BCUT2D eigenvalue weighted by atomic mass is 31.2. The van der Waals surface area contributed by atoms with Crippen LogP contribution in [0.5, 0.6) is 0 Å². The Bertz CT molecular complexity index is 520. The monoisotopic (exact) mass is 356 g/mol. The summed E-state index contributed by atoms with van der Waals surface area (Å²) in [7, 11) is -3.60. The van der Waals surface area contributed by atoms with Crippen LogP contribution in [0, 0.1) is 10.8 Å². The van der Waals surface area contributed by atoms with Gasteiger partial charge in [0.05, 0.1) is 19.8 Å². The van der Waals surface area contributed by atoms with Crippen molar-refractivity contribution in [3.05, 3.63) is 35.9 Å². The molecule has 0 saturated carbocycles. The van der Waals surface area contributed by atoms with E-state index < -0.39 is 7.82 Å². The van der Waals surface area contributed by atoms with Crippen LogP contribution in [-0.2, 0) is 24.7 Å². The van der Waals surface area contributed by atoms with Gasteiger partial charge in [-0.15, -0.1) is 0 Å². The van der Waals surface area contributed by atoms with Crippen molar-refractivity contribution in [3.8, 4) is 0 Å². The smallest absolute Gasteiger partial charge is 0.286 e. The van der Waals surface area contributed by atoms with Crippen molar-refractivity contribution >= 4 is 7.82 Å². The minimum atomic E-state index is -3.60. The standard InChI is InChI=1S/C19H33O4P/c1-7-13-19(5,6)16-23-24(20,22-15-18(2,3)4)21-14-17-11-9-8-10-12-17/h8-12H,7,13-16H2,1-6H3. The average Bonchev–Trinajstić information content (AvgIpc) is 2.50. The lowest BCUT2D eigenvalue weighted by Crippen LogP contribution is -2.20. The molecule has 0 aliphatic carbocycles. The molecule has 4 nitrogen and oxygen atoms in total. The number of benzene rings is 1. The van der Waals surface area contributed by atoms with Crippen LogP contribution in [0.3, 0.4) is 0 Å². The van der Waals surface area contributed by atoms with Gasteiger partial charge in [-0.25, -0.2) is 4.57 Å². The van der Waals surface area contributed by atoms with Gasteiger partial charge in [-0.2, -0.15) is 0 Å². The predicted octanol–water partition coefficient (Wildman–Crippen LogP) is 6.22. The summed E-state index contributed by atoms with van der Waals surface area (Å²) in [6.07, 6.45) is 2.04. The lowest BCUT2D eigenvalue weighted by molar-refractivity contribution is 0.0568. The number of rotatable bonds is 10. The molecule has 0 heterocycles. The van der Waals surface area contributed by atoms with Gasteiger partial charge in [-0.3, -0.25) is 13.6 Å². The molecule has 0 aliphatic heterocycles. The summed E-state index contributed by atoms with van der Waals surface area (Å²) in [5, 5.41) is 0. The highest BCUT2D eigenvalue weighted by molar-refractivity contribution is 7.48. The lowest BCUT2D eigenvalue weighted by atomic mass is 9.89. The summed E-state index contributed by atoms with van der Waals surface area (Å²) in [6, 6.07) is 9.63. The fraction of sp³-hybridized carbons (Fsp3) is 0.684. The van der Waals surface area contributed by atoms with Crippen LogP contribution < -0.4 is 0 Å². The van der Waals surface area contributed by atoms with E-state index in [1.54, 1.807) is 0 Å². The Morgan fingerprint density at radius 2 is 1.50 bits per heavy atom. The van der Waals surface area contributed by atoms with Crippen molar-refractivity contribution in [2.75, 3.05) is 13.2 Å². The van der Waals surface area contributed by atoms with Crippen molar-refractivity contribution < 1.29 is 18.1 Å². The first kappa shape index (κ1) is 21.4. The Hall–Kier alpha value is -0.670. The molecular weight excluding hydrogens is 323 g/mol. The number of phosphoric acid groups is 1. The number of phosphoric ester groups is 1. The van der Waals surface area contributed by atoms with Crippen LogP contribution in [0.2, 0.25) is 0 Å². The van der Waals surface area contributed by atoms with Gasteiger partial charge in [0.1, 0.15) is 0 Å². The second-order valence-electron chi connectivity index (χ2n) is 8.23. The normalized spacial score (nSPS) is 15.2. The van der Waals surface area contributed by atoms with E-state index >= 15 is 0 Å². The van der Waals surface area contributed by atoms with Gasteiger partial charge in [0.25, 0.3) is 0 Å². The van der Waals surface area contributed by atoms with Crippen molar-refractivity contribution in [3.63, 3.8) is 0 Å². The minimum Gasteiger partial charge on any atom is -0.286 e. The van der Waals surface area contributed by atoms with Crippen LogP contribution in [0.25, 0.3) is 0 Å². The molecule has 5 heteroatoms. The molecule has 1 rings (SSSR count). The molecular formula is C19H33O4P. The van der Waals surface area contributed by atoms with Crippen molar-refractivity contribution in [2.24, 2.45) is 10.8 Å². The zero-order chi connectivity index (χ0) is 18.3. The predicted molar refractivity (Wildman–Crippen MR) is 98.9 cm³/mol. The number of hydrogen-bond donors (Lipinski definition) is 0. The molecule has 0 fully saturated rings. The van der Waals surface area contributed by atoms with E-state index in [2.05, 4.69) is 20.8 Å². The first-order valence-electron chi connectivity index (χ1n) is 8.63. The SMILES string of the molecule is CCCC(C)(C)COP(=O)(OCc1ccccc1)OCC(C)(C)C. The Labute approximate surface area is 147 Å². The van der Waals surface area contributed by atoms with Gasteiger partial charge in [-0.1, -0.05) is 78.3 Å². The molecule has 1 unspecified atom stereocenters. The molecule has 0 spiro atoms. The Morgan fingerprint density at radius 1 is 0.917 bits per heavy atom. The van der Waals surface area contributed by atoms with E-state index in [4.69, 9.17) is 13.6 Å². The molecule has 0 bridgehead atoms. The van der Waals surface area contributed by atoms with Crippen molar-refractivity contribution in [1.29, 1.82) is 0 Å². The molecule has 1 aromatic carbocycles. The van der Waals surface area contributed by atoms with E-state index in [0.717, 1.165) is 18.4 Å². The van der Waals surface area contributed by atoms with Crippen LogP contribution in [0.1, 0.15) is 59.9 Å². The van der Waals surface area contributed by atoms with Gasteiger partial charge in [0.2, 0.25) is 0 Å². The summed E-state index contributed by atoms with van der Waals surface area (Å²) in [5.74, 6) is 0. The maximum atomic E-state index is 13.0. The Morgan fingerprint density at radius 3 is 2.04 bits per heavy atom. The molecule has 0 aliphatic rings. The molecule has 24 heavy (non-hydrogen) atoms. The van der Waals surface area contributed by atoms with Crippen LogP contribution in [0.4, 0.5) is 0 Å². The van der Waals surface area contributed by atoms with E-state index in [-0.39, 0.29) is 17.4 Å². The van der Waals surface area contributed by atoms with Crippen LogP contribution in [0.15, 0.2) is 30.3 Å². The average molecular weight is 356 g/mol. The van der Waals surface area contributed by atoms with Crippen molar-refractivity contribution in [2.45, 2.75) is 61.0 Å². The van der Waals surface area contributed by atoms with Crippen molar-refractivity contribution in [1.82, 2.24) is 0 Å². The Kier molecular flexibility index (Phi) is 8.14. The second-order valence-corrected chi connectivity index (χ2v) is 9.90. The van der Waals surface area contributed by atoms with Gasteiger partial charge >= 0.3 is 7.82 Å². The summed E-state index contributed by atoms with van der Waals surface area (Å²) in [6.45, 7) is 13.3. The largest absolute Gasteiger partial charge is 0.475 e. The minimum absolute atomic E-state index is 0.0639. The fourth-order valence-corrected chi connectivity index (χ4v) is 3.70. The quantitative estimate of drug-likeness (QED) is 0.467. The summed E-state index contributed by atoms with van der Waals surface area (Å²) < 4.78 is 29.9. The zero-order valence-electron chi connectivity index (χ0n) is 16.0. The molecule has 0 aromatic heterocycles. The fourth-order valence-electron chi connectivity index (χ4n) is 2.12. The highest BCUT2D eigenvalue weighted by Crippen LogP contribution is 2.52. The zero-order valence-corrected chi connectivity index (χ0v) is 16.9. The second kappa shape index (κ2) is 9.15. The summed E-state index contributed by atoms with van der Waals surface area (Å²) >= 11 is 0. The number of hydrogen-bond acceptors (Lipinski definition) is 4. The molecule has 0 N–H and O–H groups in total. The van der Waals surface area contributed by atoms with Gasteiger partial charge in [0.15, 0.2) is 0 Å². The maximum Gasteiger partial charge on any atom is 0.475 e. The Balaban J connectivity index is 2.72. The summed E-state index contributed by atoms with van der Waals surface area (Å²) in [4.78, 5) is 0. The highest BCUT2D eigenvalue weighted by Gasteiger charge is 2.32. The van der Waals surface area contributed by atoms with E-state index in [9.17, 15) is 4.57 Å². The molecule has 1 aromatic rings. The molecule has 0 amide bonds. The van der Waals surface area contributed by atoms with E-state index in [0.29, 0.717) is 13.2 Å². The first-order chi connectivity index (χ1) is 11.1. The maximum absolute atomic E-state index is 13.0. The van der Waals surface area contributed by atoms with Crippen LogP contribution in [-0.4, -0.2) is 13.2 Å². The third-order valence-corrected chi connectivity index (χ3v) is 4.76. The molecule has 1 atom stereocenters. The van der Waals surface area contributed by atoms with Crippen LogP contribution >= 0.6 is 7.82 Å². The topological polar surface area (TPSA) is 44.8 Å². The molecule has 138 valence electrons. The van der Waals surface area contributed by atoms with Gasteiger partial charge in [-0.05, 0) is 22.8 Å². The van der Waals surface area contributed by atoms with Gasteiger partial charge in [0, 0.05) is 0 Å². The summed E-state index contributed by atoms with van der Waals surface area (Å²) in [5.41, 5.74) is 0.758. The van der Waals surface area contributed by atoms with E-state index in [1.807, 2.05) is 51.1 Å². The third kappa shape index (κ3) is 8.98. The third-order valence-electron chi connectivity index (χ3n) is 3.43. The van der Waals surface area contributed by atoms with Gasteiger partial charge < -0.3 is 0 Å². The van der Waals surface area contributed by atoms with E-state index in [1.165, 1.54) is 0 Å².